The van der Waals surface area contributed by atoms with Crippen LogP contribution in [-0.2, 0) is 9.59 Å². The molecule has 2 rings (SSSR count). The van der Waals surface area contributed by atoms with Crippen molar-refractivity contribution in [1.82, 2.24) is 15.2 Å². The molecule has 0 bridgehead atoms. The summed E-state index contributed by atoms with van der Waals surface area (Å²) in [6.45, 7) is 5.13. The van der Waals surface area contributed by atoms with Crippen molar-refractivity contribution in [3.63, 3.8) is 0 Å². The largest absolute Gasteiger partial charge is 0.330 e. The highest BCUT2D eigenvalue weighted by molar-refractivity contribution is 7.09. The number of urea groups is 1. The lowest BCUT2D eigenvalue weighted by Crippen LogP contribution is -2.62. The molecular formula is C12H15N3O3S. The van der Waals surface area contributed by atoms with E-state index < -0.39 is 23.3 Å². The summed E-state index contributed by atoms with van der Waals surface area (Å²) in [6.07, 6.45) is 1.68. The van der Waals surface area contributed by atoms with E-state index in [1.807, 2.05) is 12.3 Å². The number of carbonyl (C=O) groups is 3. The zero-order valence-corrected chi connectivity index (χ0v) is 11.8. The first-order chi connectivity index (χ1) is 8.84. The van der Waals surface area contributed by atoms with Gasteiger partial charge < -0.3 is 0 Å². The van der Waals surface area contributed by atoms with Gasteiger partial charge in [-0.1, -0.05) is 6.92 Å². The number of barbiturate groups is 1. The normalized spacial score (nSPS) is 20.4. The van der Waals surface area contributed by atoms with Gasteiger partial charge in [-0.05, 0) is 13.8 Å². The van der Waals surface area contributed by atoms with Gasteiger partial charge in [0.25, 0.3) is 0 Å². The van der Waals surface area contributed by atoms with Gasteiger partial charge in [0.05, 0.1) is 5.01 Å². The van der Waals surface area contributed by atoms with Crippen molar-refractivity contribution in [1.29, 1.82) is 0 Å². The first-order valence-electron chi connectivity index (χ1n) is 5.91. The summed E-state index contributed by atoms with van der Waals surface area (Å²) in [5.41, 5.74) is -1.21. The minimum Gasteiger partial charge on any atom is -0.277 e. The van der Waals surface area contributed by atoms with E-state index in [1.165, 1.54) is 25.2 Å². The fourth-order valence-corrected chi connectivity index (χ4v) is 2.53. The van der Waals surface area contributed by atoms with E-state index in [2.05, 4.69) is 10.3 Å². The fourth-order valence-electron chi connectivity index (χ4n) is 1.84. The van der Waals surface area contributed by atoms with Gasteiger partial charge in [-0.25, -0.2) is 9.78 Å². The minimum atomic E-state index is -1.21. The Labute approximate surface area is 114 Å². The highest BCUT2D eigenvalue weighted by Crippen LogP contribution is 2.26. The number of aromatic nitrogens is 1. The molecular weight excluding hydrogens is 266 g/mol. The maximum atomic E-state index is 12.2. The van der Waals surface area contributed by atoms with Gasteiger partial charge in [0, 0.05) is 24.0 Å². The molecule has 1 aromatic heterocycles. The van der Waals surface area contributed by atoms with Crippen LogP contribution in [-0.4, -0.2) is 34.3 Å². The molecule has 7 heteroatoms. The Hall–Kier alpha value is -1.76. The molecule has 0 spiro atoms. The first kappa shape index (κ1) is 13.7. The Morgan fingerprint density at radius 1 is 1.42 bits per heavy atom. The standard InChI is InChI=1S/C12H15N3O3S/c1-7(8-13-4-5-19-8)6-15-10(17)12(2,3)9(16)14-11(15)18/h4-5,7H,6H2,1-3H3,(H,14,16,18). The molecule has 1 N–H and O–H groups in total. The Balaban J connectivity index is 2.17. The van der Waals surface area contributed by atoms with Crippen LogP contribution in [0.2, 0.25) is 0 Å². The Morgan fingerprint density at radius 3 is 2.68 bits per heavy atom. The quantitative estimate of drug-likeness (QED) is 0.848. The number of imide groups is 2. The number of hydrogen-bond acceptors (Lipinski definition) is 5. The predicted octanol–water partition coefficient (Wildman–Crippen LogP) is 1.35. The third-order valence-electron chi connectivity index (χ3n) is 3.14. The first-order valence-corrected chi connectivity index (χ1v) is 6.78. The third-order valence-corrected chi connectivity index (χ3v) is 4.15. The molecule has 1 aromatic rings. The summed E-state index contributed by atoms with van der Waals surface area (Å²) < 4.78 is 0. The second-order valence-corrected chi connectivity index (χ2v) is 6.00. The van der Waals surface area contributed by atoms with Gasteiger partial charge in [-0.2, -0.15) is 0 Å². The van der Waals surface area contributed by atoms with Crippen LogP contribution >= 0.6 is 11.3 Å². The summed E-state index contributed by atoms with van der Waals surface area (Å²) in [6, 6.07) is -0.655. The van der Waals surface area contributed by atoms with E-state index in [0.717, 1.165) is 9.91 Å². The highest BCUT2D eigenvalue weighted by Gasteiger charge is 2.47. The topological polar surface area (TPSA) is 79.4 Å². The van der Waals surface area contributed by atoms with Crippen molar-refractivity contribution < 1.29 is 14.4 Å². The molecule has 2 heterocycles. The van der Waals surface area contributed by atoms with Crippen LogP contribution in [0.1, 0.15) is 31.7 Å². The number of nitrogens with one attached hydrogen (secondary N) is 1. The lowest BCUT2D eigenvalue weighted by Gasteiger charge is -2.35. The molecule has 1 aliphatic rings. The molecule has 4 amide bonds. The molecule has 0 saturated carbocycles. The Morgan fingerprint density at radius 2 is 2.11 bits per heavy atom. The van der Waals surface area contributed by atoms with Gasteiger partial charge >= 0.3 is 6.03 Å². The molecule has 19 heavy (non-hydrogen) atoms. The average Bonchev–Trinajstić information content (AvgIpc) is 2.86. The predicted molar refractivity (Wildman–Crippen MR) is 69.6 cm³/mol. The van der Waals surface area contributed by atoms with Gasteiger partial charge in [0.1, 0.15) is 5.41 Å². The third kappa shape index (κ3) is 2.37. The maximum absolute atomic E-state index is 12.2. The average molecular weight is 281 g/mol. The van der Waals surface area contributed by atoms with Crippen molar-refractivity contribution in [2.24, 2.45) is 5.41 Å². The van der Waals surface area contributed by atoms with E-state index >= 15 is 0 Å². The molecule has 1 atom stereocenters. The van der Waals surface area contributed by atoms with E-state index in [-0.39, 0.29) is 12.5 Å². The fraction of sp³-hybridized carbons (Fsp3) is 0.500. The summed E-state index contributed by atoms with van der Waals surface area (Å²) >= 11 is 1.47. The maximum Gasteiger partial charge on any atom is 0.330 e. The molecule has 0 radical (unpaired) electrons. The highest BCUT2D eigenvalue weighted by atomic mass is 32.1. The second kappa shape index (κ2) is 4.73. The number of hydrogen-bond donors (Lipinski definition) is 1. The van der Waals surface area contributed by atoms with Crippen LogP contribution < -0.4 is 5.32 Å². The zero-order valence-electron chi connectivity index (χ0n) is 11.0. The minimum absolute atomic E-state index is 0.0568. The van der Waals surface area contributed by atoms with Crippen molar-refractivity contribution in [2.75, 3.05) is 6.54 Å². The van der Waals surface area contributed by atoms with E-state index in [9.17, 15) is 14.4 Å². The van der Waals surface area contributed by atoms with Crippen LogP contribution in [0.5, 0.6) is 0 Å². The summed E-state index contributed by atoms with van der Waals surface area (Å²) in [7, 11) is 0. The van der Waals surface area contributed by atoms with Crippen LogP contribution in [0.3, 0.4) is 0 Å². The number of amides is 4. The lowest BCUT2D eigenvalue weighted by molar-refractivity contribution is -0.149. The number of carbonyl (C=O) groups excluding carboxylic acids is 3. The molecule has 1 saturated heterocycles. The van der Waals surface area contributed by atoms with Gasteiger partial charge in [-0.15, -0.1) is 11.3 Å². The van der Waals surface area contributed by atoms with Gasteiger partial charge in [0.15, 0.2) is 0 Å². The van der Waals surface area contributed by atoms with Gasteiger partial charge in [-0.3, -0.25) is 19.8 Å². The number of rotatable bonds is 3. The smallest absolute Gasteiger partial charge is 0.277 e. The Kier molecular flexibility index (Phi) is 3.40. The monoisotopic (exact) mass is 281 g/mol. The number of nitrogens with zero attached hydrogens (tertiary/aromatic N) is 2. The van der Waals surface area contributed by atoms with Crippen molar-refractivity contribution >= 4 is 29.2 Å². The molecule has 6 nitrogen and oxygen atoms in total. The summed E-state index contributed by atoms with van der Waals surface area (Å²) in [5.74, 6) is -1.08. The molecule has 0 aliphatic carbocycles. The molecule has 0 aromatic carbocycles. The molecule has 1 fully saturated rings. The Bertz CT molecular complexity index is 524. The number of thiazole rings is 1. The molecule has 102 valence electrons. The summed E-state index contributed by atoms with van der Waals surface area (Å²) in [5, 5.41) is 4.91. The second-order valence-electron chi connectivity index (χ2n) is 5.07. The summed E-state index contributed by atoms with van der Waals surface area (Å²) in [4.78, 5) is 40.8. The SMILES string of the molecule is CC(CN1C(=O)NC(=O)C(C)(C)C1=O)c1nccs1. The van der Waals surface area contributed by atoms with Crippen LogP contribution in [0.25, 0.3) is 0 Å². The lowest BCUT2D eigenvalue weighted by atomic mass is 9.88. The van der Waals surface area contributed by atoms with Crippen LogP contribution in [0.4, 0.5) is 4.79 Å². The van der Waals surface area contributed by atoms with E-state index in [4.69, 9.17) is 0 Å². The van der Waals surface area contributed by atoms with E-state index in [0.29, 0.717) is 0 Å². The van der Waals surface area contributed by atoms with Crippen LogP contribution in [0, 0.1) is 5.41 Å². The van der Waals surface area contributed by atoms with Gasteiger partial charge in [0.2, 0.25) is 11.8 Å². The van der Waals surface area contributed by atoms with Crippen molar-refractivity contribution in [2.45, 2.75) is 26.7 Å². The van der Waals surface area contributed by atoms with Crippen molar-refractivity contribution in [3.05, 3.63) is 16.6 Å². The van der Waals surface area contributed by atoms with Crippen LogP contribution in [0.15, 0.2) is 11.6 Å². The van der Waals surface area contributed by atoms with E-state index in [1.54, 1.807) is 6.20 Å². The molecule has 1 unspecified atom stereocenters. The zero-order chi connectivity index (χ0) is 14.2. The van der Waals surface area contributed by atoms with Crippen molar-refractivity contribution in [3.8, 4) is 0 Å². The molecule has 1 aliphatic heterocycles.